The van der Waals surface area contributed by atoms with Gasteiger partial charge in [0.1, 0.15) is 11.0 Å². The number of hydrogen-bond donors (Lipinski definition) is 1. The molecule has 2 aromatic heterocycles. The van der Waals surface area contributed by atoms with Gasteiger partial charge >= 0.3 is 0 Å². The van der Waals surface area contributed by atoms with Crippen LogP contribution in [0.4, 0.5) is 0 Å². The minimum atomic E-state index is -0.0422. The zero-order valence-electron chi connectivity index (χ0n) is 15.9. The van der Waals surface area contributed by atoms with Gasteiger partial charge in [0.05, 0.1) is 24.7 Å². The van der Waals surface area contributed by atoms with E-state index < -0.39 is 0 Å². The topological polar surface area (TPSA) is 60.6 Å². The van der Waals surface area contributed by atoms with Crippen LogP contribution in [0.15, 0.2) is 65.6 Å². The van der Waals surface area contributed by atoms with E-state index in [-0.39, 0.29) is 22.5 Å². The Hall–Kier alpha value is -3.06. The number of ether oxygens (including phenoxy) is 1. The summed E-state index contributed by atoms with van der Waals surface area (Å²) in [4.78, 5) is 18.1. The van der Waals surface area contributed by atoms with Gasteiger partial charge in [0, 0.05) is 17.8 Å². The van der Waals surface area contributed by atoms with Gasteiger partial charge in [0.25, 0.3) is 5.56 Å². The molecule has 0 bridgehead atoms. The van der Waals surface area contributed by atoms with Crippen molar-refractivity contribution in [2.24, 2.45) is 0 Å². The molecule has 2 aromatic carbocycles. The fourth-order valence-corrected chi connectivity index (χ4v) is 3.78. The zero-order chi connectivity index (χ0) is 19.1. The SMILES string of the molecule is COc1ccc(-c2cn3c(n2)/c(=C2\CCCN2)c(=O)n3-c2ccccc2)cc1.[Br-]. The van der Waals surface area contributed by atoms with Crippen LogP contribution in [0.1, 0.15) is 12.8 Å². The van der Waals surface area contributed by atoms with Crippen molar-refractivity contribution in [3.63, 3.8) is 0 Å². The van der Waals surface area contributed by atoms with Gasteiger partial charge in [-0.05, 0) is 49.2 Å². The lowest BCUT2D eigenvalue weighted by Crippen LogP contribution is -3.00. The molecule has 1 aliphatic rings. The van der Waals surface area contributed by atoms with Crippen molar-refractivity contribution in [3.8, 4) is 22.7 Å². The van der Waals surface area contributed by atoms with Gasteiger partial charge in [-0.1, -0.05) is 18.2 Å². The number of fused-ring (bicyclic) bond motifs is 1. The summed E-state index contributed by atoms with van der Waals surface area (Å²) in [6.45, 7) is 0.892. The largest absolute Gasteiger partial charge is 1.00 e. The van der Waals surface area contributed by atoms with Gasteiger partial charge in [-0.2, -0.15) is 0 Å². The van der Waals surface area contributed by atoms with Crippen molar-refractivity contribution in [2.75, 3.05) is 13.7 Å². The van der Waals surface area contributed by atoms with Crippen LogP contribution >= 0.6 is 0 Å². The fourth-order valence-electron chi connectivity index (χ4n) is 3.78. The highest BCUT2D eigenvalue weighted by Gasteiger charge is 2.20. The second-order valence-corrected chi connectivity index (χ2v) is 6.86. The molecule has 1 saturated heterocycles. The minimum Gasteiger partial charge on any atom is -1.00 e. The molecule has 0 radical (unpaired) electrons. The molecule has 0 saturated carbocycles. The standard InChI is InChI=1S/C22H20N4O2.BrH/c1-28-17-11-9-15(10-12-17)19-14-25-21(24-19)20(18-8-5-13-23-18)22(27)26(25)16-6-3-2-4-7-16;/h2-4,6-7,9-12,14,23H,5,8,13H2,1H3;1H/p-1/b20-18-;. The number of para-hydroxylation sites is 1. The van der Waals surface area contributed by atoms with Crippen LogP contribution in [0.2, 0.25) is 0 Å². The molecule has 1 N–H and O–H groups in total. The lowest BCUT2D eigenvalue weighted by atomic mass is 10.2. The molecule has 0 atom stereocenters. The molecule has 148 valence electrons. The number of rotatable bonds is 3. The van der Waals surface area contributed by atoms with Crippen molar-refractivity contribution in [3.05, 3.63) is 76.4 Å². The van der Waals surface area contributed by atoms with Crippen molar-refractivity contribution >= 4 is 11.3 Å². The Kier molecular flexibility index (Phi) is 5.15. The third-order valence-corrected chi connectivity index (χ3v) is 5.16. The molecular formula is C22H20BrN4O2-. The maximum Gasteiger partial charge on any atom is 0.283 e. The van der Waals surface area contributed by atoms with Crippen molar-refractivity contribution < 1.29 is 21.7 Å². The zero-order valence-corrected chi connectivity index (χ0v) is 17.5. The summed E-state index contributed by atoms with van der Waals surface area (Å²) < 4.78 is 8.80. The molecule has 5 rings (SSSR count). The van der Waals surface area contributed by atoms with E-state index in [4.69, 9.17) is 9.72 Å². The Labute approximate surface area is 178 Å². The number of hydrogen-bond acceptors (Lipinski definition) is 4. The molecule has 4 aromatic rings. The second kappa shape index (κ2) is 7.75. The lowest BCUT2D eigenvalue weighted by Gasteiger charge is -2.03. The average molecular weight is 452 g/mol. The molecule has 0 spiro atoms. The summed E-state index contributed by atoms with van der Waals surface area (Å²) >= 11 is 0. The van der Waals surface area contributed by atoms with E-state index >= 15 is 0 Å². The van der Waals surface area contributed by atoms with Gasteiger partial charge in [0.15, 0.2) is 5.65 Å². The van der Waals surface area contributed by atoms with Crippen LogP contribution in [0.5, 0.6) is 5.75 Å². The molecule has 0 unspecified atom stereocenters. The highest BCUT2D eigenvalue weighted by Crippen LogP contribution is 2.22. The monoisotopic (exact) mass is 451 g/mol. The number of halogens is 1. The Morgan fingerprint density at radius 3 is 2.48 bits per heavy atom. The molecule has 1 fully saturated rings. The van der Waals surface area contributed by atoms with Crippen LogP contribution in [0.3, 0.4) is 0 Å². The molecule has 7 heteroatoms. The van der Waals surface area contributed by atoms with Crippen LogP contribution in [-0.2, 0) is 0 Å². The van der Waals surface area contributed by atoms with E-state index in [1.807, 2.05) is 65.3 Å². The quantitative estimate of drug-likeness (QED) is 0.450. The van der Waals surface area contributed by atoms with Crippen LogP contribution in [0, 0.1) is 0 Å². The molecule has 0 aliphatic carbocycles. The molecule has 6 nitrogen and oxygen atoms in total. The molecular weight excluding hydrogens is 432 g/mol. The summed E-state index contributed by atoms with van der Waals surface area (Å²) in [5.41, 5.74) is 4.25. The Balaban J connectivity index is 0.00000205. The van der Waals surface area contributed by atoms with Crippen molar-refractivity contribution in [1.29, 1.82) is 0 Å². The van der Waals surface area contributed by atoms with E-state index in [1.165, 1.54) is 0 Å². The highest BCUT2D eigenvalue weighted by atomic mass is 79.9. The summed E-state index contributed by atoms with van der Waals surface area (Å²) in [7, 11) is 1.65. The predicted octanol–water partition coefficient (Wildman–Crippen LogP) is -0.625. The van der Waals surface area contributed by atoms with Crippen molar-refractivity contribution in [1.82, 2.24) is 19.5 Å². The van der Waals surface area contributed by atoms with Gasteiger partial charge in [-0.3, -0.25) is 4.79 Å². The Morgan fingerprint density at radius 1 is 1.07 bits per heavy atom. The van der Waals surface area contributed by atoms with E-state index in [1.54, 1.807) is 11.8 Å². The van der Waals surface area contributed by atoms with Gasteiger partial charge in [-0.25, -0.2) is 14.2 Å². The molecule has 1 aliphatic heterocycles. The van der Waals surface area contributed by atoms with Gasteiger partial charge in [-0.15, -0.1) is 0 Å². The highest BCUT2D eigenvalue weighted by molar-refractivity contribution is 5.66. The van der Waals surface area contributed by atoms with Crippen LogP contribution in [-0.4, -0.2) is 27.8 Å². The maximum absolute atomic E-state index is 13.3. The molecule has 29 heavy (non-hydrogen) atoms. The maximum atomic E-state index is 13.3. The van der Waals surface area contributed by atoms with E-state index in [0.717, 1.165) is 47.8 Å². The summed E-state index contributed by atoms with van der Waals surface area (Å²) in [5, 5.41) is 4.04. The first kappa shape index (κ1) is 19.3. The number of aromatic nitrogens is 3. The van der Waals surface area contributed by atoms with Crippen LogP contribution in [0.25, 0.3) is 28.3 Å². The Bertz CT molecular complexity index is 1250. The van der Waals surface area contributed by atoms with Crippen molar-refractivity contribution in [2.45, 2.75) is 12.8 Å². The number of imidazole rings is 1. The molecule has 3 heterocycles. The Morgan fingerprint density at radius 2 is 1.83 bits per heavy atom. The number of benzene rings is 2. The third-order valence-electron chi connectivity index (χ3n) is 5.16. The normalized spacial score (nSPS) is 15.2. The number of nitrogens with one attached hydrogen (secondary N) is 1. The summed E-state index contributed by atoms with van der Waals surface area (Å²) in [6, 6.07) is 17.5. The smallest absolute Gasteiger partial charge is 0.283 e. The van der Waals surface area contributed by atoms with Crippen LogP contribution < -0.4 is 37.8 Å². The van der Waals surface area contributed by atoms with E-state index in [9.17, 15) is 4.79 Å². The fraction of sp³-hybridized carbons (Fsp3) is 0.182. The summed E-state index contributed by atoms with van der Waals surface area (Å²) in [5.74, 6) is 0.801. The second-order valence-electron chi connectivity index (χ2n) is 6.86. The molecule has 0 amide bonds. The average Bonchev–Trinajstić information content (AvgIpc) is 3.45. The first-order valence-corrected chi connectivity index (χ1v) is 9.37. The number of nitrogens with zero attached hydrogens (tertiary/aromatic N) is 3. The van der Waals surface area contributed by atoms with Gasteiger partial charge < -0.3 is 27.0 Å². The first-order chi connectivity index (χ1) is 13.8. The summed E-state index contributed by atoms with van der Waals surface area (Å²) in [6.07, 6.45) is 3.82. The van der Waals surface area contributed by atoms with Gasteiger partial charge in [0.2, 0.25) is 0 Å². The third kappa shape index (κ3) is 3.21. The lowest BCUT2D eigenvalue weighted by molar-refractivity contribution is -0.00000607. The minimum absolute atomic E-state index is 0. The first-order valence-electron chi connectivity index (χ1n) is 9.37. The number of methoxy groups -OCH3 is 1. The van der Waals surface area contributed by atoms with E-state index in [0.29, 0.717) is 10.9 Å². The predicted molar refractivity (Wildman–Crippen MR) is 109 cm³/mol. The van der Waals surface area contributed by atoms with E-state index in [2.05, 4.69) is 5.32 Å².